The van der Waals surface area contributed by atoms with Crippen LogP contribution < -0.4 is 10.6 Å². The van der Waals surface area contributed by atoms with Crippen LogP contribution in [0.15, 0.2) is 58.8 Å². The number of anilines is 2. The van der Waals surface area contributed by atoms with Crippen LogP contribution >= 0.6 is 0 Å². The van der Waals surface area contributed by atoms with E-state index in [0.29, 0.717) is 11.4 Å². The van der Waals surface area contributed by atoms with Crippen molar-refractivity contribution in [1.82, 2.24) is 0 Å². The zero-order chi connectivity index (χ0) is 19.1. The Morgan fingerprint density at radius 2 is 0.962 bits per heavy atom. The molecule has 0 aliphatic heterocycles. The van der Waals surface area contributed by atoms with E-state index >= 15 is 0 Å². The van der Waals surface area contributed by atoms with Gasteiger partial charge < -0.3 is 10.6 Å². The Hall–Kier alpha value is -3.02. The van der Waals surface area contributed by atoms with Crippen LogP contribution in [0, 0.1) is 11.8 Å². The molecular formula is C20H24N4O2. The van der Waals surface area contributed by atoms with E-state index in [2.05, 4.69) is 20.9 Å². The van der Waals surface area contributed by atoms with Gasteiger partial charge in [0.25, 0.3) is 0 Å². The molecule has 0 aromatic heterocycles. The first-order chi connectivity index (χ1) is 12.3. The fourth-order valence-electron chi connectivity index (χ4n) is 1.91. The van der Waals surface area contributed by atoms with Crippen molar-refractivity contribution in [2.45, 2.75) is 27.7 Å². The monoisotopic (exact) mass is 352 g/mol. The number of nitrogens with one attached hydrogen (secondary N) is 2. The van der Waals surface area contributed by atoms with E-state index in [1.54, 1.807) is 48.5 Å². The summed E-state index contributed by atoms with van der Waals surface area (Å²) < 4.78 is 0. The molecule has 26 heavy (non-hydrogen) atoms. The molecule has 0 aliphatic rings. The predicted octanol–water partition coefficient (Wildman–Crippen LogP) is 5.29. The lowest BCUT2D eigenvalue weighted by Gasteiger charge is -2.07. The number of carbonyl (C=O) groups is 2. The molecule has 0 aliphatic carbocycles. The van der Waals surface area contributed by atoms with Crippen molar-refractivity contribution in [3.8, 4) is 0 Å². The summed E-state index contributed by atoms with van der Waals surface area (Å²) in [5, 5.41) is 14.0. The summed E-state index contributed by atoms with van der Waals surface area (Å²) in [6.07, 6.45) is 0. The van der Waals surface area contributed by atoms with Crippen LogP contribution in [0.4, 0.5) is 22.7 Å². The van der Waals surface area contributed by atoms with E-state index in [1.807, 2.05) is 27.7 Å². The molecule has 2 N–H and O–H groups in total. The van der Waals surface area contributed by atoms with Gasteiger partial charge in [-0.2, -0.15) is 10.2 Å². The molecule has 0 fully saturated rings. The fourth-order valence-corrected chi connectivity index (χ4v) is 1.91. The Bertz CT molecular complexity index is 711. The van der Waals surface area contributed by atoms with E-state index in [1.165, 1.54) is 0 Å². The Labute approximate surface area is 153 Å². The lowest BCUT2D eigenvalue weighted by atomic mass is 10.2. The average molecular weight is 352 g/mol. The molecule has 0 saturated heterocycles. The number of nitrogens with zero attached hydrogens (tertiary/aromatic N) is 2. The molecule has 6 heteroatoms. The molecule has 0 spiro atoms. The van der Waals surface area contributed by atoms with Crippen LogP contribution in [0.5, 0.6) is 0 Å². The van der Waals surface area contributed by atoms with Gasteiger partial charge in [-0.05, 0) is 48.5 Å². The van der Waals surface area contributed by atoms with Crippen molar-refractivity contribution < 1.29 is 9.59 Å². The largest absolute Gasteiger partial charge is 0.326 e. The molecule has 2 amide bonds. The zero-order valence-corrected chi connectivity index (χ0v) is 15.5. The van der Waals surface area contributed by atoms with Crippen molar-refractivity contribution in [1.29, 1.82) is 0 Å². The van der Waals surface area contributed by atoms with Crippen molar-refractivity contribution in [2.75, 3.05) is 10.6 Å². The second-order valence-corrected chi connectivity index (χ2v) is 6.58. The highest BCUT2D eigenvalue weighted by Crippen LogP contribution is 2.22. The smallest absolute Gasteiger partial charge is 0.226 e. The van der Waals surface area contributed by atoms with Gasteiger partial charge in [-0.25, -0.2) is 0 Å². The summed E-state index contributed by atoms with van der Waals surface area (Å²) in [7, 11) is 0. The van der Waals surface area contributed by atoms with Gasteiger partial charge in [0.1, 0.15) is 0 Å². The van der Waals surface area contributed by atoms with Gasteiger partial charge in [0, 0.05) is 23.2 Å². The van der Waals surface area contributed by atoms with Crippen LogP contribution in [-0.4, -0.2) is 11.8 Å². The van der Waals surface area contributed by atoms with Crippen LogP contribution in [-0.2, 0) is 9.59 Å². The Morgan fingerprint density at radius 3 is 1.23 bits per heavy atom. The normalized spacial score (nSPS) is 11.2. The number of hydrogen-bond donors (Lipinski definition) is 2. The lowest BCUT2D eigenvalue weighted by Crippen LogP contribution is -2.17. The summed E-state index contributed by atoms with van der Waals surface area (Å²) in [4.78, 5) is 23.3. The molecule has 2 aromatic carbocycles. The fraction of sp³-hybridized carbons (Fsp3) is 0.300. The second-order valence-electron chi connectivity index (χ2n) is 6.58. The highest BCUT2D eigenvalue weighted by atomic mass is 16.2. The summed E-state index contributed by atoms with van der Waals surface area (Å²) in [6.45, 7) is 7.38. The summed E-state index contributed by atoms with van der Waals surface area (Å²) in [5.41, 5.74) is 2.83. The molecular weight excluding hydrogens is 328 g/mol. The SMILES string of the molecule is CC(C)C(=O)Nc1ccc(/N=N/c2ccc(NC(=O)C(C)C)cc2)cc1. The lowest BCUT2D eigenvalue weighted by molar-refractivity contribution is -0.119. The molecule has 2 aromatic rings. The van der Waals surface area contributed by atoms with Crippen LogP contribution in [0.25, 0.3) is 0 Å². The minimum Gasteiger partial charge on any atom is -0.326 e. The van der Waals surface area contributed by atoms with Gasteiger partial charge in [-0.3, -0.25) is 9.59 Å². The van der Waals surface area contributed by atoms with Crippen LogP contribution in [0.2, 0.25) is 0 Å². The van der Waals surface area contributed by atoms with Crippen molar-refractivity contribution in [2.24, 2.45) is 22.1 Å². The zero-order valence-electron chi connectivity index (χ0n) is 15.5. The Kier molecular flexibility index (Phi) is 6.60. The summed E-state index contributed by atoms with van der Waals surface area (Å²) in [5.74, 6) is -0.182. The minimum absolute atomic E-state index is 0.0241. The van der Waals surface area contributed by atoms with Gasteiger partial charge >= 0.3 is 0 Å². The van der Waals surface area contributed by atoms with Gasteiger partial charge in [0.2, 0.25) is 11.8 Å². The number of hydrogen-bond acceptors (Lipinski definition) is 4. The number of benzene rings is 2. The van der Waals surface area contributed by atoms with E-state index < -0.39 is 0 Å². The first kappa shape index (κ1) is 19.3. The molecule has 0 radical (unpaired) electrons. The summed E-state index contributed by atoms with van der Waals surface area (Å²) in [6, 6.07) is 14.3. The van der Waals surface area contributed by atoms with E-state index in [4.69, 9.17) is 0 Å². The Balaban J connectivity index is 1.96. The third-order valence-corrected chi connectivity index (χ3v) is 3.60. The summed E-state index contributed by atoms with van der Waals surface area (Å²) >= 11 is 0. The topological polar surface area (TPSA) is 82.9 Å². The van der Waals surface area contributed by atoms with E-state index in [9.17, 15) is 9.59 Å². The molecule has 0 heterocycles. The Morgan fingerprint density at radius 1 is 0.654 bits per heavy atom. The number of carbonyl (C=O) groups excluding carboxylic acids is 2. The maximum absolute atomic E-state index is 11.7. The van der Waals surface area contributed by atoms with Crippen molar-refractivity contribution >= 4 is 34.6 Å². The van der Waals surface area contributed by atoms with Gasteiger partial charge in [-0.1, -0.05) is 27.7 Å². The van der Waals surface area contributed by atoms with Crippen molar-refractivity contribution in [3.05, 3.63) is 48.5 Å². The highest BCUT2D eigenvalue weighted by molar-refractivity contribution is 5.92. The third-order valence-electron chi connectivity index (χ3n) is 3.60. The number of amides is 2. The minimum atomic E-state index is -0.0670. The second kappa shape index (κ2) is 8.89. The average Bonchev–Trinajstić information content (AvgIpc) is 2.62. The van der Waals surface area contributed by atoms with Crippen LogP contribution in [0.3, 0.4) is 0 Å². The first-order valence-electron chi connectivity index (χ1n) is 8.58. The standard InChI is InChI=1S/C20H24N4O2/c1-13(2)19(25)21-15-5-9-17(10-6-15)23-24-18-11-7-16(8-12-18)22-20(26)14(3)4/h5-14H,1-4H3,(H,21,25)(H,22,26)/b24-23+. The number of rotatable bonds is 6. The molecule has 0 saturated carbocycles. The third kappa shape index (κ3) is 5.81. The molecule has 0 atom stereocenters. The van der Waals surface area contributed by atoms with Crippen LogP contribution in [0.1, 0.15) is 27.7 Å². The molecule has 6 nitrogen and oxygen atoms in total. The quantitative estimate of drug-likeness (QED) is 0.692. The van der Waals surface area contributed by atoms with E-state index in [-0.39, 0.29) is 23.7 Å². The maximum Gasteiger partial charge on any atom is 0.226 e. The number of azo groups is 1. The predicted molar refractivity (Wildman–Crippen MR) is 104 cm³/mol. The molecule has 2 rings (SSSR count). The van der Waals surface area contributed by atoms with E-state index in [0.717, 1.165) is 11.4 Å². The van der Waals surface area contributed by atoms with Gasteiger partial charge in [-0.15, -0.1) is 0 Å². The van der Waals surface area contributed by atoms with Gasteiger partial charge in [0.15, 0.2) is 0 Å². The maximum atomic E-state index is 11.7. The van der Waals surface area contributed by atoms with Gasteiger partial charge in [0.05, 0.1) is 11.4 Å². The first-order valence-corrected chi connectivity index (χ1v) is 8.58. The highest BCUT2D eigenvalue weighted by Gasteiger charge is 2.07. The molecule has 136 valence electrons. The van der Waals surface area contributed by atoms with Crippen molar-refractivity contribution in [3.63, 3.8) is 0 Å². The molecule has 0 bridgehead atoms. The molecule has 0 unspecified atom stereocenters.